The summed E-state index contributed by atoms with van der Waals surface area (Å²) in [4.78, 5) is 36.2. The molecule has 28 heavy (non-hydrogen) atoms. The van der Waals surface area contributed by atoms with E-state index in [1.165, 1.54) is 6.92 Å². The third-order valence-electron chi connectivity index (χ3n) is 4.55. The van der Waals surface area contributed by atoms with Crippen LogP contribution < -0.4 is 10.6 Å². The highest BCUT2D eigenvalue weighted by Gasteiger charge is 2.53. The van der Waals surface area contributed by atoms with E-state index in [1.807, 2.05) is 6.07 Å². The summed E-state index contributed by atoms with van der Waals surface area (Å²) in [5, 5.41) is 13.6. The smallest absolute Gasteiger partial charge is 0.393 e. The Hall–Kier alpha value is -2.33. The number of alkyl halides is 3. The fraction of sp³-hybridized carbons (Fsp3) is 0.471. The summed E-state index contributed by atoms with van der Waals surface area (Å²) in [7, 11) is 0. The molecule has 1 unspecified atom stereocenters. The van der Waals surface area contributed by atoms with Crippen LogP contribution in [0.4, 0.5) is 18.0 Å². The van der Waals surface area contributed by atoms with Crippen LogP contribution in [0.15, 0.2) is 30.3 Å². The van der Waals surface area contributed by atoms with Gasteiger partial charge in [-0.25, -0.2) is 4.79 Å². The highest BCUT2D eigenvalue weighted by molar-refractivity contribution is 5.96. The van der Waals surface area contributed by atoms with Crippen LogP contribution in [0.1, 0.15) is 12.5 Å². The van der Waals surface area contributed by atoms with Crippen molar-refractivity contribution >= 4 is 30.3 Å². The number of carboxylic acids is 1. The quantitative estimate of drug-likeness (QED) is 0.673. The van der Waals surface area contributed by atoms with E-state index in [1.54, 1.807) is 24.3 Å². The molecule has 0 aliphatic carbocycles. The molecule has 1 heterocycles. The number of urea groups is 1. The fourth-order valence-corrected chi connectivity index (χ4v) is 2.94. The number of benzene rings is 1. The van der Waals surface area contributed by atoms with Crippen LogP contribution in [0.2, 0.25) is 0 Å². The molecule has 2 rings (SSSR count). The average molecular weight is 424 g/mol. The molecule has 0 aromatic heterocycles. The minimum Gasteiger partial charge on any atom is -0.481 e. The van der Waals surface area contributed by atoms with Crippen LogP contribution in [-0.4, -0.2) is 53.2 Å². The zero-order valence-electron chi connectivity index (χ0n) is 14.9. The lowest BCUT2D eigenvalue weighted by Gasteiger charge is -2.23. The average Bonchev–Trinajstić information content (AvgIpc) is 3.06. The molecule has 156 valence electrons. The maximum Gasteiger partial charge on any atom is 0.393 e. The number of likely N-dealkylation sites (tertiary alicyclic amines) is 1. The van der Waals surface area contributed by atoms with Gasteiger partial charge in [-0.15, -0.1) is 12.4 Å². The third-order valence-corrected chi connectivity index (χ3v) is 4.55. The zero-order chi connectivity index (χ0) is 20.2. The maximum absolute atomic E-state index is 13.0. The van der Waals surface area contributed by atoms with Gasteiger partial charge >= 0.3 is 18.2 Å². The molecule has 0 bridgehead atoms. The number of nitrogens with zero attached hydrogens (tertiary/aromatic N) is 1. The summed E-state index contributed by atoms with van der Waals surface area (Å²) >= 11 is 0. The Balaban J connectivity index is 0.00000392. The lowest BCUT2D eigenvalue weighted by molar-refractivity contribution is -0.188. The van der Waals surface area contributed by atoms with E-state index in [0.717, 1.165) is 10.5 Å². The van der Waals surface area contributed by atoms with Gasteiger partial charge in [0.25, 0.3) is 0 Å². The highest BCUT2D eigenvalue weighted by Crippen LogP contribution is 2.38. The first-order valence-corrected chi connectivity index (χ1v) is 8.25. The van der Waals surface area contributed by atoms with Crippen molar-refractivity contribution < 1.29 is 32.7 Å². The molecule has 1 aromatic rings. The van der Waals surface area contributed by atoms with Crippen molar-refractivity contribution in [2.45, 2.75) is 25.7 Å². The van der Waals surface area contributed by atoms with Crippen molar-refractivity contribution in [3.63, 3.8) is 0 Å². The van der Waals surface area contributed by atoms with Crippen LogP contribution in [0.25, 0.3) is 0 Å². The number of carbonyl (C=O) groups is 3. The molecule has 0 radical (unpaired) electrons. The molecule has 1 aliphatic rings. The molecule has 1 aromatic carbocycles. The van der Waals surface area contributed by atoms with Gasteiger partial charge in [0, 0.05) is 19.6 Å². The second kappa shape index (κ2) is 9.74. The van der Waals surface area contributed by atoms with E-state index >= 15 is 0 Å². The van der Waals surface area contributed by atoms with Gasteiger partial charge in [0.15, 0.2) is 0 Å². The zero-order valence-corrected chi connectivity index (χ0v) is 15.7. The molecular formula is C17H21ClF3N3O4. The van der Waals surface area contributed by atoms with E-state index in [0.29, 0.717) is 0 Å². The molecule has 0 spiro atoms. The fourth-order valence-electron chi connectivity index (χ4n) is 2.94. The van der Waals surface area contributed by atoms with Crippen LogP contribution >= 0.6 is 12.4 Å². The van der Waals surface area contributed by atoms with E-state index in [4.69, 9.17) is 5.11 Å². The number of hydrogen-bond donors (Lipinski definition) is 3. The Kier molecular flexibility index (Phi) is 8.25. The molecule has 11 heteroatoms. The van der Waals surface area contributed by atoms with Crippen molar-refractivity contribution in [2.24, 2.45) is 11.8 Å². The molecule has 7 nitrogen and oxygen atoms in total. The van der Waals surface area contributed by atoms with Crippen molar-refractivity contribution in [1.82, 2.24) is 15.5 Å². The molecule has 3 atom stereocenters. The first-order valence-electron chi connectivity index (χ1n) is 8.25. The second-order valence-electron chi connectivity index (χ2n) is 6.38. The van der Waals surface area contributed by atoms with Crippen LogP contribution in [0, 0.1) is 11.8 Å². The van der Waals surface area contributed by atoms with Crippen molar-refractivity contribution in [3.05, 3.63) is 35.9 Å². The van der Waals surface area contributed by atoms with Crippen molar-refractivity contribution in [2.75, 3.05) is 13.1 Å². The van der Waals surface area contributed by atoms with Gasteiger partial charge in [0.05, 0.1) is 17.9 Å². The minimum absolute atomic E-state index is 0. The van der Waals surface area contributed by atoms with Gasteiger partial charge < -0.3 is 10.4 Å². The summed E-state index contributed by atoms with van der Waals surface area (Å²) in [5.74, 6) is -6.06. The molecule has 3 amide bonds. The molecular weight excluding hydrogens is 403 g/mol. The topological polar surface area (TPSA) is 98.7 Å². The lowest BCUT2D eigenvalue weighted by Crippen LogP contribution is -2.49. The standard InChI is InChI=1S/C17H20F3N3O4.ClH/c1-10(23-8-12(15(25)26)13(9-23)17(18,19)20)14(24)22-16(27)21-7-11-5-3-2-4-6-11;/h2-6,10,12-13H,7-9H2,1H3,(H,25,26)(H2,21,22,24,27);1H/t10?,12-,13-;/m1./s1. The first kappa shape index (κ1) is 23.7. The number of imide groups is 1. The monoisotopic (exact) mass is 423 g/mol. The number of amides is 3. The maximum atomic E-state index is 13.0. The lowest BCUT2D eigenvalue weighted by atomic mass is 9.96. The molecule has 1 saturated heterocycles. The van der Waals surface area contributed by atoms with Gasteiger partial charge in [0.2, 0.25) is 5.91 Å². The van der Waals surface area contributed by atoms with E-state index in [2.05, 4.69) is 10.6 Å². The number of nitrogens with one attached hydrogen (secondary N) is 2. The Labute approximate surface area is 165 Å². The normalized spacial score (nSPS) is 20.7. The summed E-state index contributed by atoms with van der Waals surface area (Å²) in [6.45, 7) is 0.479. The Morgan fingerprint density at radius 1 is 1.21 bits per heavy atom. The summed E-state index contributed by atoms with van der Waals surface area (Å²) in [6, 6.07) is 7.07. The molecule has 3 N–H and O–H groups in total. The number of hydrogen-bond acceptors (Lipinski definition) is 4. The van der Waals surface area contributed by atoms with Gasteiger partial charge in [-0.1, -0.05) is 30.3 Å². The van der Waals surface area contributed by atoms with Crippen LogP contribution in [0.5, 0.6) is 0 Å². The van der Waals surface area contributed by atoms with E-state index in [9.17, 15) is 27.6 Å². The molecule has 1 aliphatic heterocycles. The van der Waals surface area contributed by atoms with Crippen molar-refractivity contribution in [1.29, 1.82) is 0 Å². The summed E-state index contributed by atoms with van der Waals surface area (Å²) in [6.07, 6.45) is -4.68. The Morgan fingerprint density at radius 2 is 1.82 bits per heavy atom. The molecule has 1 fully saturated rings. The van der Waals surface area contributed by atoms with Gasteiger partial charge in [-0.3, -0.25) is 19.8 Å². The van der Waals surface area contributed by atoms with E-state index < -0.39 is 55.1 Å². The second-order valence-corrected chi connectivity index (χ2v) is 6.38. The first-order chi connectivity index (χ1) is 12.6. The predicted octanol–water partition coefficient (Wildman–Crippen LogP) is 2.02. The van der Waals surface area contributed by atoms with Crippen molar-refractivity contribution in [3.8, 4) is 0 Å². The largest absolute Gasteiger partial charge is 0.481 e. The van der Waals surface area contributed by atoms with Crippen LogP contribution in [-0.2, 0) is 16.1 Å². The summed E-state index contributed by atoms with van der Waals surface area (Å²) in [5.41, 5.74) is 0.810. The number of aliphatic carboxylic acids is 1. The number of carbonyl (C=O) groups excluding carboxylic acids is 2. The minimum atomic E-state index is -4.68. The van der Waals surface area contributed by atoms with Gasteiger partial charge in [-0.05, 0) is 12.5 Å². The Bertz CT molecular complexity index is 703. The Morgan fingerprint density at radius 3 is 2.32 bits per heavy atom. The number of rotatable bonds is 5. The third kappa shape index (κ3) is 6.10. The predicted molar refractivity (Wildman–Crippen MR) is 95.8 cm³/mol. The van der Waals surface area contributed by atoms with Gasteiger partial charge in [0.1, 0.15) is 0 Å². The summed E-state index contributed by atoms with van der Waals surface area (Å²) < 4.78 is 39.1. The SMILES string of the molecule is CC(C(=O)NC(=O)NCc1ccccc1)N1C[C@@H](C(F)(F)F)[C@H](C(=O)O)C1.Cl. The van der Waals surface area contributed by atoms with E-state index in [-0.39, 0.29) is 19.0 Å². The van der Waals surface area contributed by atoms with Crippen LogP contribution in [0.3, 0.4) is 0 Å². The molecule has 0 saturated carbocycles. The van der Waals surface area contributed by atoms with Gasteiger partial charge in [-0.2, -0.15) is 13.2 Å². The number of halogens is 4. The highest BCUT2D eigenvalue weighted by atomic mass is 35.5. The number of carboxylic acid groups (broad SMARTS) is 1.